The summed E-state index contributed by atoms with van der Waals surface area (Å²) in [5.41, 5.74) is 0.866. The zero-order chi connectivity index (χ0) is 20.3. The second-order valence-electron chi connectivity index (χ2n) is 7.56. The summed E-state index contributed by atoms with van der Waals surface area (Å²) >= 11 is 0. The van der Waals surface area contributed by atoms with Gasteiger partial charge in [-0.15, -0.1) is 0 Å². The van der Waals surface area contributed by atoms with E-state index >= 15 is 0 Å². The molecule has 2 fully saturated rings. The number of carboxylic acids is 1. The number of carbonyl (C=O) groups excluding carboxylic acids is 1. The first kappa shape index (κ1) is 20.5. The van der Waals surface area contributed by atoms with Crippen LogP contribution in [0.4, 0.5) is 13.2 Å². The smallest absolute Gasteiger partial charge is 0.394 e. The van der Waals surface area contributed by atoms with Crippen LogP contribution in [0.15, 0.2) is 24.3 Å². The first-order valence-electron chi connectivity index (χ1n) is 9.57. The normalized spacial score (nSPS) is 23.2. The molecule has 0 aromatic heterocycles. The van der Waals surface area contributed by atoms with E-state index < -0.39 is 43.0 Å². The van der Waals surface area contributed by atoms with Crippen LogP contribution in [0, 0.1) is 11.8 Å². The van der Waals surface area contributed by atoms with Crippen molar-refractivity contribution in [1.29, 1.82) is 0 Å². The third kappa shape index (κ3) is 4.97. The Morgan fingerprint density at radius 3 is 2.50 bits per heavy atom. The van der Waals surface area contributed by atoms with Crippen LogP contribution in [0.25, 0.3) is 0 Å². The molecular weight excluding hydrogens is 375 g/mol. The highest BCUT2D eigenvalue weighted by atomic mass is 19.4. The quantitative estimate of drug-likeness (QED) is 0.793. The van der Waals surface area contributed by atoms with Gasteiger partial charge in [-0.25, -0.2) is 0 Å². The third-order valence-corrected chi connectivity index (χ3v) is 5.54. The van der Waals surface area contributed by atoms with Crippen molar-refractivity contribution in [1.82, 2.24) is 4.90 Å². The van der Waals surface area contributed by atoms with E-state index in [1.807, 2.05) is 24.3 Å². The predicted octanol–water partition coefficient (Wildman–Crippen LogP) is 3.66. The maximum Gasteiger partial charge on any atom is 0.394 e. The van der Waals surface area contributed by atoms with Gasteiger partial charge in [0.2, 0.25) is 5.91 Å². The number of halogens is 3. The van der Waals surface area contributed by atoms with Crippen LogP contribution in [0.2, 0.25) is 0 Å². The molecule has 8 heteroatoms. The topological polar surface area (TPSA) is 66.8 Å². The molecule has 3 rings (SSSR count). The Kier molecular flexibility index (Phi) is 6.15. The standard InChI is InChI=1S/C20H24F3NO4/c21-20(22,23)17-12-24(11-16(17)19(26)27)18(25)9-8-13-4-3-7-15(10-13)28-14-5-1-2-6-14/h3-4,7,10,14,16-17H,1-2,5-6,8-9,11-12H2,(H,26,27)/t16-,17-/m1/s1. The van der Waals surface area contributed by atoms with Gasteiger partial charge < -0.3 is 14.7 Å². The van der Waals surface area contributed by atoms with E-state index in [0.29, 0.717) is 6.42 Å². The number of ether oxygens (including phenoxy) is 1. The molecule has 5 nitrogen and oxygen atoms in total. The minimum Gasteiger partial charge on any atom is -0.490 e. The number of likely N-dealkylation sites (tertiary alicyclic amines) is 1. The summed E-state index contributed by atoms with van der Waals surface area (Å²) in [6.07, 6.45) is 0.356. The largest absolute Gasteiger partial charge is 0.490 e. The second kappa shape index (κ2) is 8.41. The molecule has 154 valence electrons. The zero-order valence-corrected chi connectivity index (χ0v) is 15.5. The average molecular weight is 399 g/mol. The van der Waals surface area contributed by atoms with Crippen molar-refractivity contribution in [3.8, 4) is 5.75 Å². The maximum absolute atomic E-state index is 13.1. The van der Waals surface area contributed by atoms with E-state index in [9.17, 15) is 22.8 Å². The Bertz CT molecular complexity index is 716. The Labute approximate surface area is 161 Å². The van der Waals surface area contributed by atoms with E-state index in [0.717, 1.165) is 41.9 Å². The van der Waals surface area contributed by atoms with Crippen LogP contribution in [-0.2, 0) is 16.0 Å². The van der Waals surface area contributed by atoms with Crippen LogP contribution in [0.5, 0.6) is 5.75 Å². The number of carbonyl (C=O) groups is 2. The van der Waals surface area contributed by atoms with Gasteiger partial charge in [0.25, 0.3) is 0 Å². The lowest BCUT2D eigenvalue weighted by molar-refractivity contribution is -0.188. The molecule has 1 aromatic rings. The molecule has 1 amide bonds. The monoisotopic (exact) mass is 399 g/mol. The van der Waals surface area contributed by atoms with Gasteiger partial charge in [0, 0.05) is 19.5 Å². The molecule has 1 aliphatic carbocycles. The molecule has 1 aromatic carbocycles. The van der Waals surface area contributed by atoms with Crippen LogP contribution in [0.3, 0.4) is 0 Å². The highest BCUT2D eigenvalue weighted by molar-refractivity contribution is 5.79. The van der Waals surface area contributed by atoms with Gasteiger partial charge in [0.15, 0.2) is 0 Å². The van der Waals surface area contributed by atoms with E-state index in [4.69, 9.17) is 9.84 Å². The van der Waals surface area contributed by atoms with Crippen LogP contribution in [0.1, 0.15) is 37.7 Å². The molecule has 1 saturated carbocycles. The number of hydrogen-bond donors (Lipinski definition) is 1. The maximum atomic E-state index is 13.1. The van der Waals surface area contributed by atoms with Crippen molar-refractivity contribution >= 4 is 11.9 Å². The van der Waals surface area contributed by atoms with Crippen molar-refractivity contribution in [2.75, 3.05) is 13.1 Å². The Hall–Kier alpha value is -2.25. The highest BCUT2D eigenvalue weighted by Gasteiger charge is 2.53. The molecule has 28 heavy (non-hydrogen) atoms. The van der Waals surface area contributed by atoms with E-state index in [2.05, 4.69) is 0 Å². The summed E-state index contributed by atoms with van der Waals surface area (Å²) in [7, 11) is 0. The number of carboxylic acid groups (broad SMARTS) is 1. The van der Waals surface area contributed by atoms with Crippen molar-refractivity contribution in [2.24, 2.45) is 11.8 Å². The van der Waals surface area contributed by atoms with Crippen molar-refractivity contribution in [3.63, 3.8) is 0 Å². The highest BCUT2D eigenvalue weighted by Crippen LogP contribution is 2.38. The fourth-order valence-corrected chi connectivity index (χ4v) is 3.97. The van der Waals surface area contributed by atoms with E-state index in [1.54, 1.807) is 0 Å². The van der Waals surface area contributed by atoms with Crippen LogP contribution in [-0.4, -0.2) is 47.3 Å². The molecular formula is C20H24F3NO4. The number of hydrogen-bond acceptors (Lipinski definition) is 3. The number of amides is 1. The number of nitrogens with zero attached hydrogens (tertiary/aromatic N) is 1. The number of aliphatic carboxylic acids is 1. The van der Waals surface area contributed by atoms with Crippen molar-refractivity contribution in [3.05, 3.63) is 29.8 Å². The van der Waals surface area contributed by atoms with E-state index in [1.165, 1.54) is 0 Å². The second-order valence-corrected chi connectivity index (χ2v) is 7.56. The number of rotatable bonds is 6. The minimum absolute atomic E-state index is 0.0315. The number of alkyl halides is 3. The summed E-state index contributed by atoms with van der Waals surface area (Å²) < 4.78 is 45.1. The van der Waals surface area contributed by atoms with Gasteiger partial charge in [-0.3, -0.25) is 9.59 Å². The fraction of sp³-hybridized carbons (Fsp3) is 0.600. The van der Waals surface area contributed by atoms with Gasteiger partial charge in [-0.05, 0) is 49.8 Å². The van der Waals surface area contributed by atoms with Gasteiger partial charge in [-0.1, -0.05) is 12.1 Å². The lowest BCUT2D eigenvalue weighted by Gasteiger charge is -2.18. The first-order chi connectivity index (χ1) is 13.2. The molecule has 0 bridgehead atoms. The van der Waals surface area contributed by atoms with Crippen molar-refractivity contribution < 1.29 is 32.6 Å². The molecule has 1 heterocycles. The zero-order valence-electron chi connectivity index (χ0n) is 15.5. The van der Waals surface area contributed by atoms with Crippen LogP contribution < -0.4 is 4.74 Å². The van der Waals surface area contributed by atoms with Gasteiger partial charge in [0.05, 0.1) is 17.9 Å². The summed E-state index contributed by atoms with van der Waals surface area (Å²) in [4.78, 5) is 24.5. The average Bonchev–Trinajstić information content (AvgIpc) is 3.29. The summed E-state index contributed by atoms with van der Waals surface area (Å²) in [6.45, 7) is -0.993. The molecule has 1 N–H and O–H groups in total. The number of benzene rings is 1. The SMILES string of the molecule is O=C(O)[C@@H]1CN(C(=O)CCc2cccc(OC3CCCC3)c2)C[C@H]1C(F)(F)F. The number of aryl methyl sites for hydroxylation is 1. The third-order valence-electron chi connectivity index (χ3n) is 5.54. The minimum atomic E-state index is -4.63. The van der Waals surface area contributed by atoms with Gasteiger partial charge in [0.1, 0.15) is 5.75 Å². The molecule has 2 aliphatic rings. The lowest BCUT2D eigenvalue weighted by Crippen LogP contribution is -2.34. The molecule has 1 saturated heterocycles. The van der Waals surface area contributed by atoms with E-state index in [-0.39, 0.29) is 12.5 Å². The van der Waals surface area contributed by atoms with Gasteiger partial charge >= 0.3 is 12.1 Å². The summed E-state index contributed by atoms with van der Waals surface area (Å²) in [6, 6.07) is 7.39. The molecule has 0 radical (unpaired) electrons. The molecule has 2 atom stereocenters. The van der Waals surface area contributed by atoms with Gasteiger partial charge in [-0.2, -0.15) is 13.2 Å². The van der Waals surface area contributed by atoms with Crippen molar-refractivity contribution in [2.45, 2.75) is 50.8 Å². The molecule has 0 unspecified atom stereocenters. The molecule has 1 aliphatic heterocycles. The Morgan fingerprint density at radius 2 is 1.89 bits per heavy atom. The predicted molar refractivity (Wildman–Crippen MR) is 94.9 cm³/mol. The summed E-state index contributed by atoms with van der Waals surface area (Å²) in [5.74, 6) is -4.86. The lowest BCUT2D eigenvalue weighted by atomic mass is 9.96. The van der Waals surface area contributed by atoms with Crippen LogP contribution >= 0.6 is 0 Å². The summed E-state index contributed by atoms with van der Waals surface area (Å²) in [5, 5.41) is 9.05. The first-order valence-corrected chi connectivity index (χ1v) is 9.57. The fourth-order valence-electron chi connectivity index (χ4n) is 3.97. The molecule has 0 spiro atoms. The Balaban J connectivity index is 1.56. The Morgan fingerprint density at radius 1 is 1.18 bits per heavy atom.